The molecule has 0 aliphatic carbocycles. The third kappa shape index (κ3) is 6.81. The molecule has 0 saturated heterocycles. The third-order valence-electron chi connectivity index (χ3n) is 2.45. The minimum absolute atomic E-state index is 0.278. The first-order valence-electron chi connectivity index (χ1n) is 6.18. The predicted octanol–water partition coefficient (Wildman–Crippen LogP) is 1.47. The second-order valence-corrected chi connectivity index (χ2v) is 7.51. The fourth-order valence-corrected chi connectivity index (χ4v) is 2.91. The van der Waals surface area contributed by atoms with Crippen molar-refractivity contribution in [2.24, 2.45) is 5.73 Å². The molecule has 0 aliphatic rings. The maximum Gasteiger partial charge on any atom is 0.218 e. The normalized spacial score (nSPS) is 11.2. The molecule has 5 nitrogen and oxygen atoms in total. The standard InChI is InChI=1S/C13H19NO4S2/c1-20(16,17)12-5-3-11(4-6-12)18-8-2-9-19-10-7-13(14)15/h3-6H,2,7-10H2,1H3,(H2,14,15). The Morgan fingerprint density at radius 2 is 1.90 bits per heavy atom. The van der Waals surface area contributed by atoms with Gasteiger partial charge in [-0.25, -0.2) is 8.42 Å². The summed E-state index contributed by atoms with van der Waals surface area (Å²) in [5.41, 5.74) is 5.03. The number of thioether (sulfide) groups is 1. The van der Waals surface area contributed by atoms with Crippen molar-refractivity contribution < 1.29 is 17.9 Å². The van der Waals surface area contributed by atoms with Crippen LogP contribution in [-0.2, 0) is 14.6 Å². The van der Waals surface area contributed by atoms with Crippen LogP contribution in [0.2, 0.25) is 0 Å². The number of rotatable bonds is 9. The van der Waals surface area contributed by atoms with Crippen molar-refractivity contribution in [3.63, 3.8) is 0 Å². The Hall–Kier alpha value is -1.21. The van der Waals surface area contributed by atoms with Gasteiger partial charge in [-0.05, 0) is 36.4 Å². The highest BCUT2D eigenvalue weighted by Crippen LogP contribution is 2.16. The molecule has 0 unspecified atom stereocenters. The van der Waals surface area contributed by atoms with E-state index in [4.69, 9.17) is 10.5 Å². The number of carbonyl (C=O) groups is 1. The number of hydrogen-bond donors (Lipinski definition) is 1. The van der Waals surface area contributed by atoms with E-state index in [1.807, 2.05) is 0 Å². The SMILES string of the molecule is CS(=O)(=O)c1ccc(OCCCSCCC(N)=O)cc1. The van der Waals surface area contributed by atoms with Crippen molar-refractivity contribution in [3.8, 4) is 5.75 Å². The number of primary amides is 1. The summed E-state index contributed by atoms with van der Waals surface area (Å²) in [4.78, 5) is 10.8. The fourth-order valence-electron chi connectivity index (χ4n) is 1.41. The third-order valence-corrected chi connectivity index (χ3v) is 4.65. The summed E-state index contributed by atoms with van der Waals surface area (Å²) in [5, 5.41) is 0. The first-order valence-corrected chi connectivity index (χ1v) is 9.23. The van der Waals surface area contributed by atoms with Gasteiger partial charge in [0.05, 0.1) is 11.5 Å². The molecule has 2 N–H and O–H groups in total. The second-order valence-electron chi connectivity index (χ2n) is 4.27. The summed E-state index contributed by atoms with van der Waals surface area (Å²) < 4.78 is 28.1. The maximum atomic E-state index is 11.3. The van der Waals surface area contributed by atoms with Gasteiger partial charge in [-0.15, -0.1) is 0 Å². The Balaban J connectivity index is 2.21. The van der Waals surface area contributed by atoms with Gasteiger partial charge in [-0.2, -0.15) is 11.8 Å². The molecule has 0 spiro atoms. The quantitative estimate of drug-likeness (QED) is 0.697. The first-order chi connectivity index (χ1) is 9.39. The molecule has 0 radical (unpaired) electrons. The van der Waals surface area contributed by atoms with Gasteiger partial charge in [0.25, 0.3) is 0 Å². The van der Waals surface area contributed by atoms with Crippen molar-refractivity contribution >= 4 is 27.5 Å². The number of hydrogen-bond acceptors (Lipinski definition) is 5. The number of nitrogens with two attached hydrogens (primary N) is 1. The molecule has 0 aromatic heterocycles. The molecular formula is C13H19NO4S2. The van der Waals surface area contributed by atoms with Crippen molar-refractivity contribution in [1.29, 1.82) is 0 Å². The zero-order valence-electron chi connectivity index (χ0n) is 11.4. The highest BCUT2D eigenvalue weighted by molar-refractivity contribution is 7.99. The van der Waals surface area contributed by atoms with Gasteiger partial charge in [-0.3, -0.25) is 4.79 Å². The molecule has 0 heterocycles. The van der Waals surface area contributed by atoms with Crippen molar-refractivity contribution in [2.75, 3.05) is 24.4 Å². The molecule has 0 aliphatic heterocycles. The molecular weight excluding hydrogens is 298 g/mol. The average Bonchev–Trinajstić information content (AvgIpc) is 2.37. The van der Waals surface area contributed by atoms with Crippen LogP contribution in [0, 0.1) is 0 Å². The predicted molar refractivity (Wildman–Crippen MR) is 80.8 cm³/mol. The lowest BCUT2D eigenvalue weighted by molar-refractivity contribution is -0.117. The van der Waals surface area contributed by atoms with Crippen molar-refractivity contribution in [3.05, 3.63) is 24.3 Å². The molecule has 0 bridgehead atoms. The van der Waals surface area contributed by atoms with E-state index in [9.17, 15) is 13.2 Å². The minimum atomic E-state index is -3.16. The van der Waals surface area contributed by atoms with Crippen LogP contribution in [0.15, 0.2) is 29.2 Å². The first kappa shape index (κ1) is 16.8. The van der Waals surface area contributed by atoms with E-state index >= 15 is 0 Å². The number of benzene rings is 1. The molecule has 1 aromatic carbocycles. The number of amides is 1. The highest BCUT2D eigenvalue weighted by atomic mass is 32.2. The molecule has 20 heavy (non-hydrogen) atoms. The smallest absolute Gasteiger partial charge is 0.218 e. The van der Waals surface area contributed by atoms with Crippen LogP contribution in [-0.4, -0.2) is 38.7 Å². The van der Waals surface area contributed by atoms with Gasteiger partial charge < -0.3 is 10.5 Å². The van der Waals surface area contributed by atoms with E-state index in [2.05, 4.69) is 0 Å². The summed E-state index contributed by atoms with van der Waals surface area (Å²) >= 11 is 1.66. The summed E-state index contributed by atoms with van der Waals surface area (Å²) in [6, 6.07) is 6.37. The summed E-state index contributed by atoms with van der Waals surface area (Å²) in [6.07, 6.45) is 2.43. The average molecular weight is 317 g/mol. The zero-order valence-corrected chi connectivity index (χ0v) is 13.0. The molecule has 0 fully saturated rings. The molecule has 7 heteroatoms. The van der Waals surface area contributed by atoms with Gasteiger partial charge in [0.1, 0.15) is 5.75 Å². The van der Waals surface area contributed by atoms with Crippen molar-refractivity contribution in [1.82, 2.24) is 0 Å². The van der Waals surface area contributed by atoms with Gasteiger partial charge in [-0.1, -0.05) is 0 Å². The topological polar surface area (TPSA) is 86.5 Å². The lowest BCUT2D eigenvalue weighted by atomic mass is 10.3. The maximum absolute atomic E-state index is 11.3. The van der Waals surface area contributed by atoms with E-state index in [1.54, 1.807) is 23.9 Å². The van der Waals surface area contributed by atoms with Crippen LogP contribution in [0.4, 0.5) is 0 Å². The Bertz CT molecular complexity index is 526. The summed E-state index contributed by atoms with van der Waals surface area (Å²) in [7, 11) is -3.16. The number of carbonyl (C=O) groups excluding carboxylic acids is 1. The largest absolute Gasteiger partial charge is 0.494 e. The minimum Gasteiger partial charge on any atom is -0.494 e. The molecule has 112 valence electrons. The zero-order chi connectivity index (χ0) is 15.0. The molecule has 0 atom stereocenters. The fraction of sp³-hybridized carbons (Fsp3) is 0.462. The Kier molecular flexibility index (Phi) is 6.87. The van der Waals surface area contributed by atoms with E-state index in [0.717, 1.165) is 17.9 Å². The van der Waals surface area contributed by atoms with Gasteiger partial charge >= 0.3 is 0 Å². The second kappa shape index (κ2) is 8.16. The number of sulfone groups is 1. The number of ether oxygens (including phenoxy) is 1. The van der Waals surface area contributed by atoms with E-state index in [1.165, 1.54) is 18.4 Å². The van der Waals surface area contributed by atoms with Gasteiger partial charge in [0, 0.05) is 18.4 Å². The van der Waals surface area contributed by atoms with Gasteiger partial charge in [0.15, 0.2) is 9.84 Å². The monoisotopic (exact) mass is 317 g/mol. The highest BCUT2D eigenvalue weighted by Gasteiger charge is 2.06. The Morgan fingerprint density at radius 3 is 2.45 bits per heavy atom. The Labute approximate surface area is 123 Å². The van der Waals surface area contributed by atoms with Crippen LogP contribution < -0.4 is 10.5 Å². The Morgan fingerprint density at radius 1 is 1.25 bits per heavy atom. The van der Waals surface area contributed by atoms with Crippen LogP contribution in [0.3, 0.4) is 0 Å². The molecule has 1 amide bonds. The van der Waals surface area contributed by atoms with Crippen LogP contribution in [0.5, 0.6) is 5.75 Å². The van der Waals surface area contributed by atoms with Crippen LogP contribution in [0.25, 0.3) is 0 Å². The summed E-state index contributed by atoms with van der Waals surface area (Å²) in [6.45, 7) is 0.557. The molecule has 1 aromatic rings. The van der Waals surface area contributed by atoms with E-state index < -0.39 is 9.84 Å². The van der Waals surface area contributed by atoms with Gasteiger partial charge in [0.2, 0.25) is 5.91 Å². The van der Waals surface area contributed by atoms with Crippen LogP contribution >= 0.6 is 11.8 Å². The van der Waals surface area contributed by atoms with E-state index in [-0.39, 0.29) is 10.8 Å². The lowest BCUT2D eigenvalue weighted by Gasteiger charge is -2.06. The van der Waals surface area contributed by atoms with Crippen molar-refractivity contribution in [2.45, 2.75) is 17.7 Å². The summed E-state index contributed by atoms with van der Waals surface area (Å²) in [5.74, 6) is 2.01. The van der Waals surface area contributed by atoms with E-state index in [0.29, 0.717) is 18.8 Å². The lowest BCUT2D eigenvalue weighted by Crippen LogP contribution is -2.11. The molecule has 0 saturated carbocycles. The van der Waals surface area contributed by atoms with Crippen LogP contribution in [0.1, 0.15) is 12.8 Å². The molecule has 1 rings (SSSR count).